The van der Waals surface area contributed by atoms with Crippen LogP contribution in [0.25, 0.3) is 0 Å². The maximum Gasteiger partial charge on any atom is 0.358 e. The van der Waals surface area contributed by atoms with E-state index >= 15 is 0 Å². The smallest absolute Gasteiger partial charge is 0.264 e. The Hall–Kier alpha value is -1.80. The molecule has 0 aliphatic rings. The van der Waals surface area contributed by atoms with Gasteiger partial charge in [0.15, 0.2) is 0 Å². The van der Waals surface area contributed by atoms with E-state index in [1.165, 1.54) is 0 Å². The molecule has 1 radical (unpaired) electrons. The van der Waals surface area contributed by atoms with E-state index in [9.17, 15) is 30.3 Å². The molecule has 0 heterocycles. The van der Waals surface area contributed by atoms with Crippen LogP contribution in [0, 0.1) is 36.9 Å². The van der Waals surface area contributed by atoms with Crippen molar-refractivity contribution in [3.63, 3.8) is 0 Å². The molecule has 0 amide bonds. The van der Waals surface area contributed by atoms with E-state index in [0.717, 1.165) is 0 Å². The van der Waals surface area contributed by atoms with Gasteiger partial charge in [0.1, 0.15) is 0 Å². The molecule has 0 unspecified atom stereocenters. The molecular formula is C3H4N3O6. The molecule has 0 N–H and O–H groups in total. The zero-order chi connectivity index (χ0) is 9.72. The summed E-state index contributed by atoms with van der Waals surface area (Å²) in [6.07, 6.45) is 0. The topological polar surface area (TPSA) is 129 Å². The quantitative estimate of drug-likeness (QED) is 0.406. The Morgan fingerprint density at radius 3 is 1.92 bits per heavy atom. The standard InChI is InChI=1S/C3H4N3O6/c7-4(8)1-3(6(11)12)2-5(9)10/h1,3H,2H2/t3-/m0/s1. The highest BCUT2D eigenvalue weighted by Crippen LogP contribution is 1.96. The van der Waals surface area contributed by atoms with E-state index in [0.29, 0.717) is 0 Å². The van der Waals surface area contributed by atoms with Crippen LogP contribution in [0.2, 0.25) is 0 Å². The lowest BCUT2D eigenvalue weighted by Gasteiger charge is -1.97. The summed E-state index contributed by atoms with van der Waals surface area (Å²) in [5, 5.41) is 29.4. The molecule has 0 rings (SSSR count). The van der Waals surface area contributed by atoms with Crippen LogP contribution in [-0.2, 0) is 0 Å². The first-order valence-electron chi connectivity index (χ1n) is 2.67. The lowest BCUT2D eigenvalue weighted by atomic mass is 10.3. The largest absolute Gasteiger partial charge is 0.358 e. The SMILES string of the molecule is O=[N+]([O-])[CH][C@@H](C[N+](=O)[O-])[N+](=O)[O-]. The Morgan fingerprint density at radius 1 is 1.17 bits per heavy atom. The minimum absolute atomic E-state index is 0.0861. The van der Waals surface area contributed by atoms with Crippen molar-refractivity contribution in [2.75, 3.05) is 6.54 Å². The Balaban J connectivity index is 4.14. The van der Waals surface area contributed by atoms with E-state index in [4.69, 9.17) is 0 Å². The highest BCUT2D eigenvalue weighted by Gasteiger charge is 2.34. The second kappa shape index (κ2) is 4.16. The molecule has 0 aliphatic heterocycles. The Kier molecular flexibility index (Phi) is 3.53. The van der Waals surface area contributed by atoms with Gasteiger partial charge in [-0.05, 0) is 0 Å². The van der Waals surface area contributed by atoms with Gasteiger partial charge >= 0.3 is 12.6 Å². The van der Waals surface area contributed by atoms with Crippen LogP contribution in [0.5, 0.6) is 0 Å². The highest BCUT2D eigenvalue weighted by atomic mass is 16.7. The lowest BCUT2D eigenvalue weighted by Crippen LogP contribution is -2.31. The third kappa shape index (κ3) is 4.09. The summed E-state index contributed by atoms with van der Waals surface area (Å²) in [6.45, 7) is -0.989. The third-order valence-electron chi connectivity index (χ3n) is 0.901. The predicted octanol–water partition coefficient (Wildman–Crippen LogP) is -0.653. The number of hydrogen-bond donors (Lipinski definition) is 0. The van der Waals surface area contributed by atoms with Gasteiger partial charge in [0, 0.05) is 14.8 Å². The summed E-state index contributed by atoms with van der Waals surface area (Å²) in [5.41, 5.74) is 0. The zero-order valence-electron chi connectivity index (χ0n) is 5.65. The van der Waals surface area contributed by atoms with Crippen molar-refractivity contribution in [2.24, 2.45) is 0 Å². The zero-order valence-corrected chi connectivity index (χ0v) is 5.65. The van der Waals surface area contributed by atoms with Crippen molar-refractivity contribution in [3.05, 3.63) is 36.9 Å². The van der Waals surface area contributed by atoms with Gasteiger partial charge in [0.05, 0.1) is 0 Å². The monoisotopic (exact) mass is 178 g/mol. The van der Waals surface area contributed by atoms with Crippen molar-refractivity contribution in [1.29, 1.82) is 0 Å². The summed E-state index contributed by atoms with van der Waals surface area (Å²) < 4.78 is 0. The molecule has 0 aromatic carbocycles. The molecule has 9 nitrogen and oxygen atoms in total. The van der Waals surface area contributed by atoms with E-state index in [1.54, 1.807) is 0 Å². The fraction of sp³-hybridized carbons (Fsp3) is 0.667. The maximum absolute atomic E-state index is 9.94. The van der Waals surface area contributed by atoms with Crippen LogP contribution in [0.15, 0.2) is 0 Å². The normalized spacial score (nSPS) is 9.75. The van der Waals surface area contributed by atoms with Gasteiger partial charge in [-0.1, -0.05) is 0 Å². The van der Waals surface area contributed by atoms with Crippen LogP contribution in [0.3, 0.4) is 0 Å². The van der Waals surface area contributed by atoms with Crippen LogP contribution < -0.4 is 0 Å². The summed E-state index contributed by atoms with van der Waals surface area (Å²) in [4.78, 5) is 26.3. The predicted molar refractivity (Wildman–Crippen MR) is 33.9 cm³/mol. The highest BCUT2D eigenvalue weighted by molar-refractivity contribution is 4.63. The second-order valence-electron chi connectivity index (χ2n) is 1.80. The Labute approximate surface area is 65.4 Å². The minimum atomic E-state index is -1.87. The molecule has 0 aliphatic carbocycles. The Morgan fingerprint density at radius 2 is 1.67 bits per heavy atom. The van der Waals surface area contributed by atoms with Gasteiger partial charge in [0.2, 0.25) is 0 Å². The molecule has 0 bridgehead atoms. The fourth-order valence-corrected chi connectivity index (χ4v) is 0.461. The Bertz CT molecular complexity index is 198. The number of rotatable bonds is 5. The molecule has 0 spiro atoms. The van der Waals surface area contributed by atoms with E-state index < -0.39 is 27.4 Å². The summed E-state index contributed by atoms with van der Waals surface area (Å²) in [6, 6.07) is -1.87. The van der Waals surface area contributed by atoms with Crippen molar-refractivity contribution in [1.82, 2.24) is 0 Å². The van der Waals surface area contributed by atoms with Crippen molar-refractivity contribution in [2.45, 2.75) is 6.04 Å². The van der Waals surface area contributed by atoms with Gasteiger partial charge in [-0.15, -0.1) is 0 Å². The maximum atomic E-state index is 9.94. The molecule has 1 atom stereocenters. The second-order valence-corrected chi connectivity index (χ2v) is 1.80. The van der Waals surface area contributed by atoms with Crippen LogP contribution in [0.4, 0.5) is 0 Å². The average Bonchev–Trinajstić information content (AvgIpc) is 1.83. The molecule has 0 fully saturated rings. The average molecular weight is 178 g/mol. The van der Waals surface area contributed by atoms with Crippen LogP contribution in [0.1, 0.15) is 0 Å². The molecular weight excluding hydrogens is 174 g/mol. The first-order valence-corrected chi connectivity index (χ1v) is 2.67. The molecule has 0 saturated heterocycles. The fourth-order valence-electron chi connectivity index (χ4n) is 0.461. The molecule has 0 saturated carbocycles. The van der Waals surface area contributed by atoms with Crippen molar-refractivity contribution in [3.8, 4) is 0 Å². The van der Waals surface area contributed by atoms with E-state index in [1.807, 2.05) is 0 Å². The van der Waals surface area contributed by atoms with Crippen LogP contribution in [-0.4, -0.2) is 27.4 Å². The van der Waals surface area contributed by atoms with Crippen molar-refractivity contribution < 1.29 is 14.8 Å². The van der Waals surface area contributed by atoms with Gasteiger partial charge in [-0.25, -0.2) is 0 Å². The number of nitro groups is 3. The molecule has 67 valence electrons. The van der Waals surface area contributed by atoms with Crippen LogP contribution >= 0.6 is 0 Å². The van der Waals surface area contributed by atoms with Crippen molar-refractivity contribution >= 4 is 0 Å². The molecule has 0 aromatic heterocycles. The van der Waals surface area contributed by atoms with Gasteiger partial charge in [-0.3, -0.25) is 30.3 Å². The molecule has 0 aromatic rings. The minimum Gasteiger partial charge on any atom is -0.264 e. The molecule has 9 heteroatoms. The lowest BCUT2D eigenvalue weighted by molar-refractivity contribution is -0.608. The van der Waals surface area contributed by atoms with Gasteiger partial charge in [-0.2, -0.15) is 0 Å². The first-order chi connectivity index (χ1) is 5.43. The number of nitrogens with zero attached hydrogens (tertiary/aromatic N) is 3. The first kappa shape index (κ1) is 10.2. The summed E-state index contributed by atoms with van der Waals surface area (Å²) >= 11 is 0. The van der Waals surface area contributed by atoms with E-state index in [-0.39, 0.29) is 6.54 Å². The number of hydrogen-bond acceptors (Lipinski definition) is 6. The summed E-state index contributed by atoms with van der Waals surface area (Å²) in [7, 11) is 0. The van der Waals surface area contributed by atoms with Gasteiger partial charge in [0.25, 0.3) is 6.54 Å². The summed E-state index contributed by atoms with van der Waals surface area (Å²) in [5.74, 6) is 0. The van der Waals surface area contributed by atoms with Gasteiger partial charge < -0.3 is 0 Å². The third-order valence-corrected chi connectivity index (χ3v) is 0.901. The molecule has 12 heavy (non-hydrogen) atoms. The van der Waals surface area contributed by atoms with E-state index in [2.05, 4.69) is 0 Å².